The van der Waals surface area contributed by atoms with Crippen molar-refractivity contribution in [3.8, 4) is 6.07 Å². The minimum absolute atomic E-state index is 0.255. The van der Waals surface area contributed by atoms with E-state index in [0.717, 1.165) is 12.1 Å². The predicted molar refractivity (Wildman–Crippen MR) is 87.7 cm³/mol. The molecule has 0 amide bonds. The van der Waals surface area contributed by atoms with Crippen LogP contribution in [-0.4, -0.2) is 7.05 Å². The number of allylic oxidation sites excluding steroid dienone is 4. The number of likely N-dealkylation sites (N-methyl/N-ethyl adjacent to an activating group) is 1. The van der Waals surface area contributed by atoms with E-state index in [-0.39, 0.29) is 5.41 Å². The molecule has 1 aliphatic carbocycles. The van der Waals surface area contributed by atoms with E-state index in [9.17, 15) is 5.26 Å². The molecule has 2 rings (SSSR count). The Labute approximate surface area is 127 Å². The van der Waals surface area contributed by atoms with Crippen LogP contribution in [-0.2, 0) is 5.41 Å². The van der Waals surface area contributed by atoms with Gasteiger partial charge in [0, 0.05) is 24.6 Å². The van der Waals surface area contributed by atoms with Crippen LogP contribution in [0.3, 0.4) is 0 Å². The lowest BCUT2D eigenvalue weighted by molar-refractivity contribution is 0.531. The molecule has 0 fully saturated rings. The zero-order valence-electron chi connectivity index (χ0n) is 13.0. The maximum atomic E-state index is 9.35. The minimum Gasteiger partial charge on any atom is -0.388 e. The summed E-state index contributed by atoms with van der Waals surface area (Å²) >= 11 is 0. The van der Waals surface area contributed by atoms with Crippen molar-refractivity contribution >= 4 is 0 Å². The third-order valence-corrected chi connectivity index (χ3v) is 4.09. The molecule has 0 heterocycles. The number of hydrogen-bond donors (Lipinski definition) is 1. The quantitative estimate of drug-likeness (QED) is 0.897. The van der Waals surface area contributed by atoms with E-state index in [0.29, 0.717) is 6.42 Å². The molecule has 21 heavy (non-hydrogen) atoms. The normalized spacial score (nSPS) is 21.0. The average Bonchev–Trinajstić information content (AvgIpc) is 2.46. The summed E-state index contributed by atoms with van der Waals surface area (Å²) in [5.41, 5.74) is 5.46. The molecular weight excluding hydrogens is 256 g/mol. The lowest BCUT2D eigenvalue weighted by atomic mass is 9.69. The van der Waals surface area contributed by atoms with Crippen LogP contribution < -0.4 is 5.32 Å². The largest absolute Gasteiger partial charge is 0.388 e. The Morgan fingerprint density at radius 3 is 2.81 bits per heavy atom. The SMILES string of the molecule is C=C(NC)C1=CC(C)=CC(CC#N)(c2cccc(C)c2)C1. The van der Waals surface area contributed by atoms with Gasteiger partial charge in [-0.3, -0.25) is 0 Å². The van der Waals surface area contributed by atoms with Gasteiger partial charge in [0.2, 0.25) is 0 Å². The van der Waals surface area contributed by atoms with Crippen LogP contribution >= 0.6 is 0 Å². The highest BCUT2D eigenvalue weighted by Crippen LogP contribution is 2.41. The summed E-state index contributed by atoms with van der Waals surface area (Å²) in [5, 5.41) is 12.5. The van der Waals surface area contributed by atoms with Crippen molar-refractivity contribution in [1.82, 2.24) is 5.32 Å². The first-order valence-electron chi connectivity index (χ1n) is 7.22. The van der Waals surface area contributed by atoms with Gasteiger partial charge >= 0.3 is 0 Å². The lowest BCUT2D eigenvalue weighted by Gasteiger charge is -2.34. The third-order valence-electron chi connectivity index (χ3n) is 4.09. The lowest BCUT2D eigenvalue weighted by Crippen LogP contribution is -2.28. The van der Waals surface area contributed by atoms with Crippen LogP contribution in [0.4, 0.5) is 0 Å². The molecule has 108 valence electrons. The second-order valence-corrected chi connectivity index (χ2v) is 5.82. The highest BCUT2D eigenvalue weighted by molar-refractivity contribution is 5.47. The molecule has 0 saturated carbocycles. The van der Waals surface area contributed by atoms with Crippen molar-refractivity contribution in [2.75, 3.05) is 7.05 Å². The summed E-state index contributed by atoms with van der Waals surface area (Å²) in [6.07, 6.45) is 5.67. The average molecular weight is 278 g/mol. The fraction of sp³-hybridized carbons (Fsp3) is 0.316. The van der Waals surface area contributed by atoms with Crippen LogP contribution in [0.1, 0.15) is 30.9 Å². The Kier molecular flexibility index (Phi) is 4.33. The molecule has 2 nitrogen and oxygen atoms in total. The fourth-order valence-electron chi connectivity index (χ4n) is 3.05. The first-order chi connectivity index (χ1) is 10.0. The number of nitriles is 1. The van der Waals surface area contributed by atoms with Gasteiger partial charge in [0.15, 0.2) is 0 Å². The molecule has 1 aliphatic rings. The topological polar surface area (TPSA) is 35.8 Å². The summed E-state index contributed by atoms with van der Waals surface area (Å²) in [6, 6.07) is 10.8. The molecule has 1 aromatic carbocycles. The molecule has 0 aromatic heterocycles. The first-order valence-corrected chi connectivity index (χ1v) is 7.22. The van der Waals surface area contributed by atoms with Crippen molar-refractivity contribution in [3.63, 3.8) is 0 Å². The Bertz CT molecular complexity index is 658. The minimum atomic E-state index is -0.255. The van der Waals surface area contributed by atoms with E-state index in [1.165, 1.54) is 22.3 Å². The molecule has 1 aromatic rings. The molecule has 0 radical (unpaired) electrons. The first kappa shape index (κ1) is 15.1. The van der Waals surface area contributed by atoms with Crippen LogP contribution in [0, 0.1) is 18.3 Å². The number of nitrogens with one attached hydrogen (secondary N) is 1. The summed E-state index contributed by atoms with van der Waals surface area (Å²) in [4.78, 5) is 0. The van der Waals surface area contributed by atoms with Crippen LogP contribution in [0.2, 0.25) is 0 Å². The van der Waals surface area contributed by atoms with Gasteiger partial charge in [0.05, 0.1) is 6.07 Å². The number of benzene rings is 1. The molecule has 0 spiro atoms. The maximum Gasteiger partial charge on any atom is 0.0634 e. The van der Waals surface area contributed by atoms with Crippen molar-refractivity contribution in [1.29, 1.82) is 5.26 Å². The van der Waals surface area contributed by atoms with Crippen LogP contribution in [0.25, 0.3) is 0 Å². The highest BCUT2D eigenvalue weighted by Gasteiger charge is 2.33. The number of aryl methyl sites for hydroxylation is 1. The molecule has 2 heteroatoms. The van der Waals surface area contributed by atoms with Gasteiger partial charge in [0.1, 0.15) is 0 Å². The molecule has 1 atom stereocenters. The zero-order chi connectivity index (χ0) is 15.5. The van der Waals surface area contributed by atoms with Crippen molar-refractivity contribution < 1.29 is 0 Å². The van der Waals surface area contributed by atoms with Gasteiger partial charge in [0.25, 0.3) is 0 Å². The van der Waals surface area contributed by atoms with Crippen LogP contribution in [0.15, 0.2) is 59.8 Å². The summed E-state index contributed by atoms with van der Waals surface area (Å²) in [6.45, 7) is 8.26. The fourth-order valence-corrected chi connectivity index (χ4v) is 3.05. The van der Waals surface area contributed by atoms with Gasteiger partial charge in [-0.1, -0.05) is 54.1 Å². The van der Waals surface area contributed by atoms with E-state index in [2.05, 4.69) is 68.2 Å². The summed E-state index contributed by atoms with van der Waals surface area (Å²) in [5.74, 6) is 0. The van der Waals surface area contributed by atoms with Crippen molar-refractivity contribution in [3.05, 3.63) is 71.0 Å². The van der Waals surface area contributed by atoms with Gasteiger partial charge in [-0.15, -0.1) is 0 Å². The Morgan fingerprint density at radius 1 is 1.43 bits per heavy atom. The summed E-state index contributed by atoms with van der Waals surface area (Å²) < 4.78 is 0. The van der Waals surface area contributed by atoms with E-state index < -0.39 is 0 Å². The number of nitrogens with zero attached hydrogens (tertiary/aromatic N) is 1. The highest BCUT2D eigenvalue weighted by atomic mass is 14.8. The van der Waals surface area contributed by atoms with Crippen LogP contribution in [0.5, 0.6) is 0 Å². The molecule has 0 bridgehead atoms. The van der Waals surface area contributed by atoms with Crippen molar-refractivity contribution in [2.45, 2.75) is 32.1 Å². The third kappa shape index (κ3) is 3.08. The Morgan fingerprint density at radius 2 is 2.19 bits per heavy atom. The standard InChI is InChI=1S/C19H22N2/c1-14-6-5-7-18(11-14)19(8-9-20)12-15(2)10-17(13-19)16(3)21-4/h5-7,10-12,21H,3,8,13H2,1-2,4H3. The monoisotopic (exact) mass is 278 g/mol. The van der Waals surface area contributed by atoms with E-state index in [4.69, 9.17) is 0 Å². The van der Waals surface area contributed by atoms with Gasteiger partial charge in [-0.2, -0.15) is 5.26 Å². The zero-order valence-corrected chi connectivity index (χ0v) is 13.0. The molecule has 0 saturated heterocycles. The second kappa shape index (κ2) is 6.01. The molecule has 0 aliphatic heterocycles. The number of rotatable bonds is 4. The maximum absolute atomic E-state index is 9.35. The van der Waals surface area contributed by atoms with E-state index >= 15 is 0 Å². The Balaban J connectivity index is 2.52. The van der Waals surface area contributed by atoms with Gasteiger partial charge in [-0.25, -0.2) is 0 Å². The smallest absolute Gasteiger partial charge is 0.0634 e. The molecular formula is C19H22N2. The molecule has 1 unspecified atom stereocenters. The van der Waals surface area contributed by atoms with E-state index in [1.807, 2.05) is 7.05 Å². The van der Waals surface area contributed by atoms with Gasteiger partial charge < -0.3 is 5.32 Å². The van der Waals surface area contributed by atoms with Gasteiger partial charge in [-0.05, 0) is 31.4 Å². The number of hydrogen-bond acceptors (Lipinski definition) is 2. The van der Waals surface area contributed by atoms with E-state index in [1.54, 1.807) is 0 Å². The molecule has 1 N–H and O–H groups in total. The summed E-state index contributed by atoms with van der Waals surface area (Å²) in [7, 11) is 1.88. The second-order valence-electron chi connectivity index (χ2n) is 5.82. The van der Waals surface area contributed by atoms with Crippen molar-refractivity contribution in [2.24, 2.45) is 0 Å². The Hall–Kier alpha value is -2.27. The predicted octanol–water partition coefficient (Wildman–Crippen LogP) is 4.16.